The predicted molar refractivity (Wildman–Crippen MR) is 29.4 cm³/mol. The average molecular weight is 78.2 g/mol. The maximum Gasteiger partial charge on any atom is -0.0149 e. The van der Waals surface area contributed by atoms with Crippen LogP contribution in [0.15, 0.2) is 0 Å². The maximum absolute atomic E-state index is 2.00. The Hall–Kier alpha value is 0.217. The molecule has 0 spiro atoms. The van der Waals surface area contributed by atoms with Gasteiger partial charge in [0.1, 0.15) is 0 Å². The van der Waals surface area contributed by atoms with Gasteiger partial charge in [0, 0.05) is 0 Å². The van der Waals surface area contributed by atoms with Gasteiger partial charge in [-0.2, -0.15) is 0 Å². The Morgan fingerprint density at radius 1 is 1.00 bits per heavy atom. The van der Waals surface area contributed by atoms with E-state index >= 15 is 0 Å². The molecule has 0 aliphatic rings. The van der Waals surface area contributed by atoms with Gasteiger partial charge in [0.15, 0.2) is 0 Å². The van der Waals surface area contributed by atoms with E-state index in [1.807, 2.05) is 13.8 Å². The molecule has 0 aliphatic heterocycles. The SMILES string of the molecule is C.CC.[SiH4]. The van der Waals surface area contributed by atoms with E-state index in [9.17, 15) is 0 Å². The lowest BCUT2D eigenvalue weighted by atomic mass is 11.0. The third-order valence-electron chi connectivity index (χ3n) is 0. The summed E-state index contributed by atoms with van der Waals surface area (Å²) in [7, 11) is 0. The Bertz CT molecular complexity index is 3.25. The van der Waals surface area contributed by atoms with Crippen LogP contribution >= 0.6 is 0 Å². The summed E-state index contributed by atoms with van der Waals surface area (Å²) < 4.78 is 0. The van der Waals surface area contributed by atoms with Crippen molar-refractivity contribution in [3.63, 3.8) is 0 Å². The molecule has 0 rings (SSSR count). The summed E-state index contributed by atoms with van der Waals surface area (Å²) in [5.41, 5.74) is 0. The Labute approximate surface area is 33.2 Å². The summed E-state index contributed by atoms with van der Waals surface area (Å²) in [6.45, 7) is 4.00. The fraction of sp³-hybridized carbons (Fsp3) is 1.00. The molecule has 0 amide bonds. The van der Waals surface area contributed by atoms with Crippen LogP contribution in [0.5, 0.6) is 0 Å². The van der Waals surface area contributed by atoms with E-state index in [-0.39, 0.29) is 18.4 Å². The zero-order valence-electron chi connectivity index (χ0n) is 2.00. The van der Waals surface area contributed by atoms with Gasteiger partial charge in [-0.05, 0) is 11.0 Å². The van der Waals surface area contributed by atoms with E-state index in [1.54, 1.807) is 0 Å². The van der Waals surface area contributed by atoms with Crippen LogP contribution in [0.1, 0.15) is 21.3 Å². The Morgan fingerprint density at radius 3 is 1.00 bits per heavy atom. The van der Waals surface area contributed by atoms with Crippen LogP contribution in [0, 0.1) is 0 Å². The van der Waals surface area contributed by atoms with Gasteiger partial charge in [-0.25, -0.2) is 0 Å². The fourth-order valence-electron chi connectivity index (χ4n) is 0. The van der Waals surface area contributed by atoms with Crippen LogP contribution in [0.25, 0.3) is 0 Å². The van der Waals surface area contributed by atoms with E-state index in [1.165, 1.54) is 0 Å². The van der Waals surface area contributed by atoms with Gasteiger partial charge >= 0.3 is 0 Å². The third-order valence-corrected chi connectivity index (χ3v) is 0. The molecule has 0 aromatic carbocycles. The average Bonchev–Trinajstić information content (AvgIpc) is 1.00. The molecule has 1 heteroatoms. The Kier molecular flexibility index (Phi) is 2480. The van der Waals surface area contributed by atoms with E-state index in [0.29, 0.717) is 0 Å². The summed E-state index contributed by atoms with van der Waals surface area (Å²) in [5, 5.41) is 0. The first kappa shape index (κ1) is 29.5. The first-order valence-corrected chi connectivity index (χ1v) is 1.00. The van der Waals surface area contributed by atoms with Gasteiger partial charge in [0.25, 0.3) is 0 Å². The van der Waals surface area contributed by atoms with Gasteiger partial charge in [0.05, 0.1) is 0 Å². The zero-order chi connectivity index (χ0) is 2.00. The maximum atomic E-state index is 2.00. The molecule has 0 radical (unpaired) electrons. The minimum Gasteiger partial charge on any atom is -0.0776 e. The lowest BCUT2D eigenvalue weighted by Crippen LogP contribution is -0.856. The monoisotopic (exact) mass is 78.1 g/mol. The van der Waals surface area contributed by atoms with Gasteiger partial charge in [-0.15, -0.1) is 0 Å². The molecule has 0 N–H and O–H groups in total. The van der Waals surface area contributed by atoms with Crippen molar-refractivity contribution in [2.45, 2.75) is 21.3 Å². The predicted octanol–water partition coefficient (Wildman–Crippen LogP) is 0.211. The molecule has 0 nitrogen and oxygen atoms in total. The van der Waals surface area contributed by atoms with Crippen molar-refractivity contribution in [3.8, 4) is 0 Å². The first-order valence-electron chi connectivity index (χ1n) is 1.00. The van der Waals surface area contributed by atoms with Gasteiger partial charge < -0.3 is 0 Å². The first-order chi connectivity index (χ1) is 1.00. The second-order valence-electron chi connectivity index (χ2n) is 0. The highest BCUT2D eigenvalue weighted by Gasteiger charge is 0.932. The molecule has 0 aromatic heterocycles. The highest BCUT2D eigenvalue weighted by Crippen LogP contribution is 1.14. The van der Waals surface area contributed by atoms with Crippen molar-refractivity contribution in [2.24, 2.45) is 0 Å². The van der Waals surface area contributed by atoms with Crippen LogP contribution in [0.4, 0.5) is 0 Å². The molecule has 0 aliphatic carbocycles. The number of hydrogen-bond acceptors (Lipinski definition) is 0. The topological polar surface area (TPSA) is 0 Å². The Balaban J connectivity index is -0.00000000500. The highest BCUT2D eigenvalue weighted by molar-refractivity contribution is 5.75. The van der Waals surface area contributed by atoms with Crippen LogP contribution in [0.3, 0.4) is 0 Å². The molecule has 0 unspecified atom stereocenters. The summed E-state index contributed by atoms with van der Waals surface area (Å²) >= 11 is 0. The van der Waals surface area contributed by atoms with Crippen molar-refractivity contribution < 1.29 is 0 Å². The van der Waals surface area contributed by atoms with Crippen molar-refractivity contribution in [1.29, 1.82) is 0 Å². The lowest BCUT2D eigenvalue weighted by molar-refractivity contribution is 1.50. The molecule has 0 fully saturated rings. The lowest BCUT2D eigenvalue weighted by Gasteiger charge is -1.07. The third kappa shape index (κ3) is 69.8. The van der Waals surface area contributed by atoms with Crippen LogP contribution in [-0.2, 0) is 0 Å². The van der Waals surface area contributed by atoms with E-state index in [0.717, 1.165) is 0 Å². The Morgan fingerprint density at radius 2 is 1.00 bits per heavy atom. The standard InChI is InChI=1S/C2H6.CH4.H4Si/c1-2;;/h1-2H3;2*1H4. The number of hydrogen-bond donors (Lipinski definition) is 0. The molecular weight excluding hydrogens is 64.1 g/mol. The molecule has 0 aromatic rings. The molecule has 0 atom stereocenters. The van der Waals surface area contributed by atoms with E-state index in [2.05, 4.69) is 0 Å². The second-order valence-corrected chi connectivity index (χ2v) is 0. The van der Waals surface area contributed by atoms with Gasteiger partial charge in [-0.3, -0.25) is 0 Å². The molecule has 0 bridgehead atoms. The van der Waals surface area contributed by atoms with Crippen molar-refractivity contribution in [1.82, 2.24) is 0 Å². The molecule has 0 saturated carbocycles. The summed E-state index contributed by atoms with van der Waals surface area (Å²) in [4.78, 5) is 0. The van der Waals surface area contributed by atoms with Crippen molar-refractivity contribution in [3.05, 3.63) is 0 Å². The fourth-order valence-corrected chi connectivity index (χ4v) is 0. The number of rotatable bonds is 0. The quantitative estimate of drug-likeness (QED) is 0.363. The molecule has 30 valence electrons. The normalized spacial score (nSPS) is 1.50. The highest BCUT2D eigenvalue weighted by atomic mass is 28.1. The molecule has 0 heterocycles. The minimum absolute atomic E-state index is 0. The van der Waals surface area contributed by atoms with Crippen molar-refractivity contribution >= 4 is 11.0 Å². The van der Waals surface area contributed by atoms with Crippen LogP contribution < -0.4 is 0 Å². The van der Waals surface area contributed by atoms with E-state index < -0.39 is 0 Å². The second kappa shape index (κ2) is 336. The molecule has 4 heavy (non-hydrogen) atoms. The van der Waals surface area contributed by atoms with E-state index in [4.69, 9.17) is 0 Å². The minimum atomic E-state index is 0. The van der Waals surface area contributed by atoms with Gasteiger partial charge in [-0.1, -0.05) is 21.3 Å². The molecular formula is C3H14Si. The van der Waals surface area contributed by atoms with Crippen LogP contribution in [-0.4, -0.2) is 11.0 Å². The van der Waals surface area contributed by atoms with Crippen molar-refractivity contribution in [2.75, 3.05) is 0 Å². The summed E-state index contributed by atoms with van der Waals surface area (Å²) in [5.74, 6) is 0. The summed E-state index contributed by atoms with van der Waals surface area (Å²) in [6.07, 6.45) is 0. The smallest absolute Gasteiger partial charge is 0.0149 e. The largest absolute Gasteiger partial charge is 0.0776 e. The molecule has 0 saturated heterocycles. The summed E-state index contributed by atoms with van der Waals surface area (Å²) in [6, 6.07) is 0. The van der Waals surface area contributed by atoms with Gasteiger partial charge in [0.2, 0.25) is 0 Å². The van der Waals surface area contributed by atoms with Crippen LogP contribution in [0.2, 0.25) is 0 Å². The zero-order valence-corrected chi connectivity index (χ0v) is 2.00.